The summed E-state index contributed by atoms with van der Waals surface area (Å²) in [6.45, 7) is 2.48. The Morgan fingerprint density at radius 3 is 1.76 bits per heavy atom. The highest BCUT2D eigenvalue weighted by Crippen LogP contribution is 2.63. The molecule has 0 atom stereocenters. The van der Waals surface area contributed by atoms with Gasteiger partial charge in [-0.3, -0.25) is 0 Å². The number of rotatable bonds is 8. The zero-order valence-electron chi connectivity index (χ0n) is 17.3. The summed E-state index contributed by atoms with van der Waals surface area (Å²) in [5, 5.41) is 2.65. The summed E-state index contributed by atoms with van der Waals surface area (Å²) in [5.41, 5.74) is 0.0874. The fraction of sp³-hybridized carbons (Fsp3) is 0.421. The molecule has 15 heteroatoms. The number of halogens is 9. The molecule has 0 saturated heterocycles. The quantitative estimate of drug-likeness (QED) is 0.353. The van der Waals surface area contributed by atoms with E-state index in [4.69, 9.17) is 0 Å². The molecule has 4 nitrogen and oxygen atoms in total. The second kappa shape index (κ2) is 8.80. The minimum absolute atomic E-state index is 0.0874. The molecule has 0 aliphatic rings. The molecule has 0 aliphatic heterocycles. The molecule has 0 heterocycles. The molecule has 2 rings (SSSR count). The molecular weight excluding hydrogens is 525 g/mol. The van der Waals surface area contributed by atoms with Crippen molar-refractivity contribution in [3.63, 3.8) is 0 Å². The van der Waals surface area contributed by atoms with E-state index in [0.29, 0.717) is 0 Å². The van der Waals surface area contributed by atoms with E-state index in [-0.39, 0.29) is 21.2 Å². The summed E-state index contributed by atoms with van der Waals surface area (Å²) >= 11 is 0. The van der Waals surface area contributed by atoms with Crippen LogP contribution in [0.2, 0.25) is 0 Å². The first-order valence-electron chi connectivity index (χ1n) is 9.23. The molecule has 0 saturated carbocycles. The molecule has 0 amide bonds. The van der Waals surface area contributed by atoms with E-state index in [2.05, 4.69) is 3.63 Å². The van der Waals surface area contributed by atoms with Crippen LogP contribution in [0.1, 0.15) is 19.4 Å². The monoisotopic (exact) mass is 541 g/mol. The van der Waals surface area contributed by atoms with Gasteiger partial charge < -0.3 is 0 Å². The van der Waals surface area contributed by atoms with Crippen LogP contribution < -0.4 is 0 Å². The Morgan fingerprint density at radius 2 is 1.32 bits per heavy atom. The van der Waals surface area contributed by atoms with Crippen LogP contribution >= 0.6 is 10.3 Å². The Kier molecular flexibility index (Phi) is 7.26. The zero-order valence-corrected chi connectivity index (χ0v) is 18.9. The number of nitriles is 1. The first kappa shape index (κ1) is 28.1. The molecule has 0 radical (unpaired) electrons. The average Bonchev–Trinajstić information content (AvgIpc) is 2.75. The van der Waals surface area contributed by atoms with Crippen molar-refractivity contribution in [2.24, 2.45) is 0 Å². The lowest BCUT2D eigenvalue weighted by atomic mass is 10.1. The maximum absolute atomic E-state index is 14.3. The van der Waals surface area contributed by atoms with Gasteiger partial charge in [-0.15, -0.1) is 0 Å². The average molecular weight is 541 g/mol. The molecule has 34 heavy (non-hydrogen) atoms. The normalized spacial score (nSPS) is 14.8. The minimum atomic E-state index is -7.39. The third-order valence-corrected chi connectivity index (χ3v) is 10.7. The molecule has 0 unspecified atom stereocenters. The molecule has 0 N–H and O–H groups in total. The zero-order chi connectivity index (χ0) is 26.4. The van der Waals surface area contributed by atoms with E-state index in [9.17, 15) is 53.2 Å². The first-order chi connectivity index (χ1) is 15.4. The van der Waals surface area contributed by atoms with E-state index >= 15 is 0 Å². The summed E-state index contributed by atoms with van der Waals surface area (Å²) in [4.78, 5) is -0.0997. The Hall–Kier alpha value is -2.18. The van der Waals surface area contributed by atoms with Gasteiger partial charge in [-0.25, -0.2) is 3.63 Å². The van der Waals surface area contributed by atoms with Crippen LogP contribution in [0.15, 0.2) is 41.3 Å². The molecule has 2 aromatic rings. The van der Waals surface area contributed by atoms with Crippen molar-refractivity contribution >= 4 is 31.2 Å². The van der Waals surface area contributed by atoms with Gasteiger partial charge in [-0.05, 0) is 17.5 Å². The van der Waals surface area contributed by atoms with E-state index < -0.39 is 55.2 Å². The fourth-order valence-corrected chi connectivity index (χ4v) is 8.22. The summed E-state index contributed by atoms with van der Waals surface area (Å²) in [6, 6.07) is 9.89. The molecule has 0 aliphatic carbocycles. The molecule has 2 aromatic carbocycles. The second-order valence-corrected chi connectivity index (χ2v) is 12.0. The Bertz CT molecular complexity index is 1220. The van der Waals surface area contributed by atoms with Gasteiger partial charge >= 0.3 is 33.4 Å². The fourth-order valence-electron chi connectivity index (χ4n) is 3.07. The number of fused-ring (bicyclic) bond motifs is 1. The van der Waals surface area contributed by atoms with Crippen LogP contribution in [0.5, 0.6) is 0 Å². The molecule has 0 aromatic heterocycles. The van der Waals surface area contributed by atoms with Crippen LogP contribution in [-0.4, -0.2) is 43.2 Å². The third kappa shape index (κ3) is 4.09. The van der Waals surface area contributed by atoms with Crippen molar-refractivity contribution in [2.45, 2.75) is 42.0 Å². The maximum Gasteiger partial charge on any atom is 0.460 e. The van der Waals surface area contributed by atoms with Gasteiger partial charge in [0.1, 0.15) is 0 Å². The van der Waals surface area contributed by atoms with Crippen LogP contribution in [0.4, 0.5) is 39.5 Å². The predicted octanol–water partition coefficient (Wildman–Crippen LogP) is 6.60. The van der Waals surface area contributed by atoms with Crippen LogP contribution in [-0.2, 0) is 13.7 Å². The molecular formula is C19H16F9NO3S2. The molecule has 0 spiro atoms. The maximum atomic E-state index is 14.3. The number of hydrogen-bond acceptors (Lipinski definition) is 4. The molecule has 0 fully saturated rings. The summed E-state index contributed by atoms with van der Waals surface area (Å²) < 4.78 is 149. The van der Waals surface area contributed by atoms with E-state index in [0.717, 1.165) is 6.07 Å². The first-order valence-corrected chi connectivity index (χ1v) is 12.5. The largest absolute Gasteiger partial charge is 0.460 e. The molecule has 190 valence electrons. The molecule has 0 bridgehead atoms. The van der Waals surface area contributed by atoms with Gasteiger partial charge in [0, 0.05) is 21.8 Å². The van der Waals surface area contributed by atoms with Crippen molar-refractivity contribution in [1.29, 1.82) is 5.26 Å². The van der Waals surface area contributed by atoms with Gasteiger partial charge in [0.15, 0.2) is 0 Å². The predicted molar refractivity (Wildman–Crippen MR) is 107 cm³/mol. The number of nitrogens with zero attached hydrogens (tertiary/aromatic N) is 1. The highest BCUT2D eigenvalue weighted by atomic mass is 32.3. The standard InChI is InChI=1S/C19H16F9NO3S2/c1-3-33(4-2,15-10-9-12(11-29)13-7-5-6-8-14(13)15)32-34(30,31)19(27,28)17(22,23)16(20,21)18(24,25)26/h5-10H,3-4H2,1-2H3. The van der Waals surface area contributed by atoms with Crippen molar-refractivity contribution in [3.05, 3.63) is 42.0 Å². The third-order valence-electron chi connectivity index (χ3n) is 4.99. The summed E-state index contributed by atoms with van der Waals surface area (Å²) in [6.07, 6.45) is -7.18. The minimum Gasteiger partial charge on any atom is -0.211 e. The SMILES string of the molecule is CCS(CC)(OS(=O)(=O)C(F)(F)C(F)(F)C(F)(F)C(F)(F)F)c1ccc(C#N)c2ccccc12. The van der Waals surface area contributed by atoms with Crippen molar-refractivity contribution in [3.8, 4) is 6.07 Å². The van der Waals surface area contributed by atoms with Crippen molar-refractivity contribution in [2.75, 3.05) is 11.5 Å². The Labute approximate surface area is 189 Å². The number of hydrogen-bond donors (Lipinski definition) is 0. The lowest BCUT2D eigenvalue weighted by molar-refractivity contribution is -0.382. The van der Waals surface area contributed by atoms with Crippen LogP contribution in [0.25, 0.3) is 10.8 Å². The number of benzene rings is 2. The lowest BCUT2D eigenvalue weighted by Crippen LogP contribution is -2.63. The van der Waals surface area contributed by atoms with Crippen molar-refractivity contribution in [1.82, 2.24) is 0 Å². The Balaban J connectivity index is 2.73. The Morgan fingerprint density at radius 1 is 0.824 bits per heavy atom. The lowest BCUT2D eigenvalue weighted by Gasteiger charge is -2.40. The van der Waals surface area contributed by atoms with Gasteiger partial charge in [0.05, 0.1) is 11.6 Å². The van der Waals surface area contributed by atoms with Gasteiger partial charge in [0.25, 0.3) is 0 Å². The topological polar surface area (TPSA) is 67.2 Å². The van der Waals surface area contributed by atoms with Crippen LogP contribution in [0.3, 0.4) is 0 Å². The summed E-state index contributed by atoms with van der Waals surface area (Å²) in [7, 11) is -10.6. The van der Waals surface area contributed by atoms with Gasteiger partial charge in [0.2, 0.25) is 0 Å². The van der Waals surface area contributed by atoms with Gasteiger partial charge in [-0.2, -0.15) is 53.2 Å². The van der Waals surface area contributed by atoms with Gasteiger partial charge in [-0.1, -0.05) is 48.4 Å². The second-order valence-electron chi connectivity index (χ2n) is 6.84. The van der Waals surface area contributed by atoms with E-state index in [1.807, 2.05) is 6.07 Å². The van der Waals surface area contributed by atoms with E-state index in [1.54, 1.807) is 0 Å². The smallest absolute Gasteiger partial charge is 0.211 e. The highest BCUT2D eigenvalue weighted by molar-refractivity contribution is 8.33. The van der Waals surface area contributed by atoms with Crippen LogP contribution in [0, 0.1) is 11.3 Å². The highest BCUT2D eigenvalue weighted by Gasteiger charge is 2.86. The number of alkyl halides is 9. The summed E-state index contributed by atoms with van der Waals surface area (Å²) in [5.74, 6) is -15.6. The van der Waals surface area contributed by atoms with E-state index in [1.165, 1.54) is 44.2 Å². The van der Waals surface area contributed by atoms with Crippen molar-refractivity contribution < 1.29 is 51.6 Å².